The van der Waals surface area contributed by atoms with Crippen LogP contribution in [0.4, 0.5) is 0 Å². The second kappa shape index (κ2) is 5.17. The van der Waals surface area contributed by atoms with E-state index in [-0.39, 0.29) is 11.3 Å². The van der Waals surface area contributed by atoms with E-state index in [1.54, 1.807) is 6.20 Å². The van der Waals surface area contributed by atoms with Gasteiger partial charge in [0.25, 0.3) is 5.56 Å². The number of nitrogens with zero attached hydrogens (tertiary/aromatic N) is 2. The molecule has 0 saturated heterocycles. The van der Waals surface area contributed by atoms with Crippen LogP contribution in [0.5, 0.6) is 5.75 Å². The van der Waals surface area contributed by atoms with Crippen molar-refractivity contribution in [1.82, 2.24) is 9.38 Å². The van der Waals surface area contributed by atoms with Crippen LogP contribution in [0.1, 0.15) is 11.1 Å². The van der Waals surface area contributed by atoms with Crippen LogP contribution in [0.3, 0.4) is 0 Å². The number of rotatable bonds is 3. The normalized spacial score (nSPS) is 10.7. The molecular weight excluding hydrogens is 252 g/mol. The molecule has 20 heavy (non-hydrogen) atoms. The Morgan fingerprint density at radius 2 is 1.95 bits per heavy atom. The third-order valence-corrected chi connectivity index (χ3v) is 3.06. The highest BCUT2D eigenvalue weighted by Crippen LogP contribution is 2.08. The maximum absolute atomic E-state index is 12.3. The smallest absolute Gasteiger partial charge is 0.300 e. The van der Waals surface area contributed by atoms with Crippen LogP contribution in [-0.2, 0) is 6.61 Å². The first-order valence-corrected chi connectivity index (χ1v) is 6.39. The minimum atomic E-state index is -0.186. The summed E-state index contributed by atoms with van der Waals surface area (Å²) in [7, 11) is 0. The summed E-state index contributed by atoms with van der Waals surface area (Å²) in [6.07, 6.45) is 3.25. The van der Waals surface area contributed by atoms with E-state index in [0.29, 0.717) is 12.3 Å². The molecule has 0 bridgehead atoms. The SMILES string of the molecule is Cc1ccc2ncc(OCc3ccccc3)c(=O)n2c1. The van der Waals surface area contributed by atoms with Crippen LogP contribution in [0.2, 0.25) is 0 Å². The summed E-state index contributed by atoms with van der Waals surface area (Å²) >= 11 is 0. The van der Waals surface area contributed by atoms with Crippen molar-refractivity contribution >= 4 is 5.65 Å². The molecule has 2 heterocycles. The molecule has 0 atom stereocenters. The number of aryl methyl sites for hydroxylation is 1. The molecule has 100 valence electrons. The number of ether oxygens (including phenoxy) is 1. The summed E-state index contributed by atoms with van der Waals surface area (Å²) in [5.74, 6) is 0.261. The molecule has 2 aromatic heterocycles. The summed E-state index contributed by atoms with van der Waals surface area (Å²) in [6, 6.07) is 13.5. The third kappa shape index (κ3) is 2.40. The topological polar surface area (TPSA) is 43.6 Å². The van der Waals surface area contributed by atoms with Crippen LogP contribution >= 0.6 is 0 Å². The van der Waals surface area contributed by atoms with Crippen molar-refractivity contribution in [2.75, 3.05) is 0 Å². The van der Waals surface area contributed by atoms with Crippen LogP contribution in [0.15, 0.2) is 59.7 Å². The average Bonchev–Trinajstić information content (AvgIpc) is 2.48. The molecule has 1 aromatic carbocycles. The molecule has 3 aromatic rings. The lowest BCUT2D eigenvalue weighted by Crippen LogP contribution is -2.17. The maximum Gasteiger partial charge on any atom is 0.300 e. The Kier molecular flexibility index (Phi) is 3.21. The van der Waals surface area contributed by atoms with E-state index in [1.165, 1.54) is 10.6 Å². The van der Waals surface area contributed by atoms with Crippen molar-refractivity contribution in [3.63, 3.8) is 0 Å². The molecule has 0 aliphatic heterocycles. The summed E-state index contributed by atoms with van der Waals surface area (Å²) in [5.41, 5.74) is 2.45. The molecular formula is C16H14N2O2. The average molecular weight is 266 g/mol. The first-order chi connectivity index (χ1) is 9.74. The predicted molar refractivity (Wildman–Crippen MR) is 77.0 cm³/mol. The highest BCUT2D eigenvalue weighted by atomic mass is 16.5. The summed E-state index contributed by atoms with van der Waals surface area (Å²) in [5, 5.41) is 0. The summed E-state index contributed by atoms with van der Waals surface area (Å²) in [6.45, 7) is 2.29. The Hall–Kier alpha value is -2.62. The van der Waals surface area contributed by atoms with Gasteiger partial charge in [-0.05, 0) is 24.1 Å². The van der Waals surface area contributed by atoms with Gasteiger partial charge in [0.2, 0.25) is 5.75 Å². The van der Waals surface area contributed by atoms with Gasteiger partial charge in [-0.15, -0.1) is 0 Å². The third-order valence-electron chi connectivity index (χ3n) is 3.06. The second-order valence-corrected chi connectivity index (χ2v) is 4.64. The zero-order valence-electron chi connectivity index (χ0n) is 11.1. The standard InChI is InChI=1S/C16H14N2O2/c1-12-7-8-15-17-9-14(16(19)18(15)10-12)20-11-13-5-3-2-4-6-13/h2-10H,11H2,1H3. The Morgan fingerprint density at radius 3 is 2.75 bits per heavy atom. The monoisotopic (exact) mass is 266 g/mol. The van der Waals surface area contributed by atoms with E-state index in [9.17, 15) is 4.79 Å². The second-order valence-electron chi connectivity index (χ2n) is 4.64. The minimum Gasteiger partial charge on any atom is -0.482 e. The summed E-state index contributed by atoms with van der Waals surface area (Å²) < 4.78 is 7.08. The van der Waals surface area contributed by atoms with Crippen molar-refractivity contribution < 1.29 is 4.74 Å². The van der Waals surface area contributed by atoms with E-state index in [4.69, 9.17) is 4.74 Å². The van der Waals surface area contributed by atoms with Crippen molar-refractivity contribution in [2.24, 2.45) is 0 Å². The highest BCUT2D eigenvalue weighted by molar-refractivity contribution is 5.40. The molecule has 4 nitrogen and oxygen atoms in total. The molecule has 0 saturated carbocycles. The molecule has 0 radical (unpaired) electrons. The van der Waals surface area contributed by atoms with E-state index in [1.807, 2.05) is 49.4 Å². The van der Waals surface area contributed by atoms with Gasteiger partial charge in [-0.2, -0.15) is 0 Å². The minimum absolute atomic E-state index is 0.186. The fourth-order valence-corrected chi connectivity index (χ4v) is 2.00. The Morgan fingerprint density at radius 1 is 1.15 bits per heavy atom. The molecule has 0 amide bonds. The van der Waals surface area contributed by atoms with Gasteiger partial charge in [-0.25, -0.2) is 4.98 Å². The lowest BCUT2D eigenvalue weighted by atomic mass is 10.2. The molecule has 0 N–H and O–H groups in total. The molecule has 0 spiro atoms. The fraction of sp³-hybridized carbons (Fsp3) is 0.125. The van der Waals surface area contributed by atoms with Crippen molar-refractivity contribution in [3.05, 3.63) is 76.3 Å². The first-order valence-electron chi connectivity index (χ1n) is 6.39. The lowest BCUT2D eigenvalue weighted by molar-refractivity contribution is 0.300. The highest BCUT2D eigenvalue weighted by Gasteiger charge is 2.06. The fourth-order valence-electron chi connectivity index (χ4n) is 2.00. The van der Waals surface area contributed by atoms with E-state index in [0.717, 1.165) is 11.1 Å². The quantitative estimate of drug-likeness (QED) is 0.732. The van der Waals surface area contributed by atoms with E-state index >= 15 is 0 Å². The van der Waals surface area contributed by atoms with E-state index in [2.05, 4.69) is 4.98 Å². The predicted octanol–water partition coefficient (Wildman–Crippen LogP) is 2.58. The van der Waals surface area contributed by atoms with Gasteiger partial charge < -0.3 is 4.74 Å². The molecule has 0 aliphatic rings. The largest absolute Gasteiger partial charge is 0.482 e. The van der Waals surface area contributed by atoms with Crippen LogP contribution in [-0.4, -0.2) is 9.38 Å². The van der Waals surface area contributed by atoms with E-state index < -0.39 is 0 Å². The Labute approximate surface area is 116 Å². The van der Waals surface area contributed by atoms with Crippen LogP contribution in [0, 0.1) is 6.92 Å². The zero-order chi connectivity index (χ0) is 13.9. The van der Waals surface area contributed by atoms with Crippen molar-refractivity contribution in [2.45, 2.75) is 13.5 Å². The van der Waals surface area contributed by atoms with Crippen LogP contribution < -0.4 is 10.3 Å². The number of hydrogen-bond acceptors (Lipinski definition) is 3. The van der Waals surface area contributed by atoms with Crippen molar-refractivity contribution in [1.29, 1.82) is 0 Å². The molecule has 4 heteroatoms. The molecule has 0 unspecified atom stereocenters. The maximum atomic E-state index is 12.3. The van der Waals surface area contributed by atoms with Gasteiger partial charge >= 0.3 is 0 Å². The number of pyridine rings is 1. The first kappa shape index (κ1) is 12.4. The molecule has 3 rings (SSSR count). The number of fused-ring (bicyclic) bond motifs is 1. The summed E-state index contributed by atoms with van der Waals surface area (Å²) in [4.78, 5) is 16.5. The Balaban J connectivity index is 1.92. The zero-order valence-corrected chi connectivity index (χ0v) is 11.1. The molecule has 0 fully saturated rings. The number of aromatic nitrogens is 2. The van der Waals surface area contributed by atoms with Gasteiger partial charge in [-0.1, -0.05) is 36.4 Å². The van der Waals surface area contributed by atoms with Gasteiger partial charge in [0.05, 0.1) is 6.20 Å². The lowest BCUT2D eigenvalue weighted by Gasteiger charge is -2.07. The van der Waals surface area contributed by atoms with Gasteiger partial charge in [0.1, 0.15) is 12.3 Å². The van der Waals surface area contributed by atoms with Gasteiger partial charge in [-0.3, -0.25) is 9.20 Å². The van der Waals surface area contributed by atoms with Gasteiger partial charge in [0.15, 0.2) is 0 Å². The molecule has 0 aliphatic carbocycles. The van der Waals surface area contributed by atoms with Crippen molar-refractivity contribution in [3.8, 4) is 5.75 Å². The number of hydrogen-bond donors (Lipinski definition) is 0. The number of benzene rings is 1. The van der Waals surface area contributed by atoms with Gasteiger partial charge in [0, 0.05) is 6.20 Å². The van der Waals surface area contributed by atoms with Crippen LogP contribution in [0.25, 0.3) is 5.65 Å². The Bertz CT molecular complexity index is 794.